The summed E-state index contributed by atoms with van der Waals surface area (Å²) in [6, 6.07) is -1.40. The van der Waals surface area contributed by atoms with Crippen molar-refractivity contribution in [2.45, 2.75) is 38.8 Å². The highest BCUT2D eigenvalue weighted by molar-refractivity contribution is 7.80. The van der Waals surface area contributed by atoms with Crippen LogP contribution >= 0.6 is 12.6 Å². The number of carbonyl (C=O) groups is 2. The zero-order chi connectivity index (χ0) is 12.6. The molecule has 0 radical (unpaired) electrons. The summed E-state index contributed by atoms with van der Waals surface area (Å²) >= 11 is 3.92. The lowest BCUT2D eigenvalue weighted by molar-refractivity contribution is -0.147. The molecule has 0 fully saturated rings. The molecule has 0 aromatic rings. The normalized spacial score (nSPS) is 14.2. The van der Waals surface area contributed by atoms with Gasteiger partial charge in [-0.2, -0.15) is 12.6 Å². The molecule has 2 atom stereocenters. The van der Waals surface area contributed by atoms with E-state index in [-0.39, 0.29) is 5.75 Å². The first-order valence-corrected chi connectivity index (χ1v) is 5.96. The Bertz CT molecular complexity index is 235. The van der Waals surface area contributed by atoms with Crippen LogP contribution in [0.3, 0.4) is 0 Å². The summed E-state index contributed by atoms with van der Waals surface area (Å²) in [4.78, 5) is 22.3. The molecule has 5 nitrogen and oxygen atoms in total. The van der Waals surface area contributed by atoms with Gasteiger partial charge in [0, 0.05) is 5.75 Å². The van der Waals surface area contributed by atoms with Crippen molar-refractivity contribution in [1.82, 2.24) is 5.32 Å². The van der Waals surface area contributed by atoms with Crippen molar-refractivity contribution in [2.75, 3.05) is 12.4 Å². The largest absolute Gasteiger partial charge is 0.480 e. The summed E-state index contributed by atoms with van der Waals surface area (Å²) in [5, 5.41) is 11.6. The van der Waals surface area contributed by atoms with Gasteiger partial charge in [0.15, 0.2) is 0 Å². The number of hydrogen-bond acceptors (Lipinski definition) is 5. The van der Waals surface area contributed by atoms with E-state index in [0.29, 0.717) is 13.0 Å². The first kappa shape index (κ1) is 15.2. The molecule has 16 heavy (non-hydrogen) atoms. The molecule has 0 rings (SSSR count). The van der Waals surface area contributed by atoms with Gasteiger partial charge in [-0.25, -0.2) is 0 Å². The number of esters is 1. The van der Waals surface area contributed by atoms with Crippen LogP contribution in [0.2, 0.25) is 0 Å². The van der Waals surface area contributed by atoms with E-state index in [9.17, 15) is 9.59 Å². The third kappa shape index (κ3) is 5.37. The average molecular weight is 249 g/mol. The van der Waals surface area contributed by atoms with E-state index in [0.717, 1.165) is 6.42 Å². The summed E-state index contributed by atoms with van der Waals surface area (Å²) in [7, 11) is 0. The first-order chi connectivity index (χ1) is 7.56. The monoisotopic (exact) mass is 249 g/mol. The van der Waals surface area contributed by atoms with Crippen molar-refractivity contribution in [1.29, 1.82) is 0 Å². The van der Waals surface area contributed by atoms with Crippen LogP contribution in [0, 0.1) is 0 Å². The van der Waals surface area contributed by atoms with Crippen LogP contribution in [0.1, 0.15) is 26.7 Å². The van der Waals surface area contributed by atoms with Gasteiger partial charge in [0.25, 0.3) is 0 Å². The second-order valence-electron chi connectivity index (χ2n) is 3.33. The van der Waals surface area contributed by atoms with E-state index in [1.165, 1.54) is 0 Å². The number of hydrogen-bond donors (Lipinski definition) is 3. The van der Waals surface area contributed by atoms with Crippen molar-refractivity contribution in [2.24, 2.45) is 0 Å². The van der Waals surface area contributed by atoms with Gasteiger partial charge >= 0.3 is 11.9 Å². The van der Waals surface area contributed by atoms with E-state index in [1.807, 2.05) is 6.92 Å². The Morgan fingerprint density at radius 2 is 2.00 bits per heavy atom. The number of carboxylic acid groups (broad SMARTS) is 1. The third-order valence-corrected chi connectivity index (χ3v) is 2.40. The number of carbonyl (C=O) groups excluding carboxylic acids is 1. The Morgan fingerprint density at radius 1 is 1.38 bits per heavy atom. The summed E-state index contributed by atoms with van der Waals surface area (Å²) in [6.45, 7) is 3.93. The van der Waals surface area contributed by atoms with Crippen molar-refractivity contribution in [3.05, 3.63) is 0 Å². The van der Waals surface area contributed by atoms with Gasteiger partial charge in [-0.05, 0) is 13.3 Å². The maximum atomic E-state index is 11.5. The molecular formula is C10H19NO4S. The second kappa shape index (κ2) is 8.41. The molecule has 0 aliphatic heterocycles. The van der Waals surface area contributed by atoms with E-state index >= 15 is 0 Å². The molecule has 2 unspecified atom stereocenters. The van der Waals surface area contributed by atoms with Gasteiger partial charge in [0.05, 0.1) is 6.61 Å². The minimum Gasteiger partial charge on any atom is -0.480 e. The van der Waals surface area contributed by atoms with Crippen LogP contribution in [0.5, 0.6) is 0 Å². The second-order valence-corrected chi connectivity index (χ2v) is 3.70. The fourth-order valence-electron chi connectivity index (χ4n) is 1.25. The standard InChI is InChI=1S/C10H19NO4S/c1-3-5-7(10(14)15-4-2)11-8(6-16)9(12)13/h7-8,11,16H,3-6H2,1-2H3,(H,12,13). The van der Waals surface area contributed by atoms with Crippen LogP contribution in [0.15, 0.2) is 0 Å². The average Bonchev–Trinajstić information content (AvgIpc) is 2.23. The Morgan fingerprint density at radius 3 is 2.38 bits per heavy atom. The zero-order valence-corrected chi connectivity index (χ0v) is 10.5. The molecule has 0 aliphatic carbocycles. The number of rotatable bonds is 8. The van der Waals surface area contributed by atoms with Crippen LogP contribution in [-0.4, -0.2) is 41.5 Å². The molecule has 0 amide bonds. The van der Waals surface area contributed by atoms with Crippen molar-refractivity contribution in [3.63, 3.8) is 0 Å². The number of carboxylic acids is 1. The molecule has 6 heteroatoms. The predicted molar refractivity (Wildman–Crippen MR) is 63.7 cm³/mol. The Labute approximate surface area is 101 Å². The number of aliphatic carboxylic acids is 1. The van der Waals surface area contributed by atoms with Crippen molar-refractivity contribution in [3.8, 4) is 0 Å². The molecule has 2 N–H and O–H groups in total. The molecule has 0 bridgehead atoms. The fourth-order valence-corrected chi connectivity index (χ4v) is 1.51. The number of thiol groups is 1. The molecule has 94 valence electrons. The Hall–Kier alpha value is -0.750. The summed E-state index contributed by atoms with van der Waals surface area (Å²) in [5.41, 5.74) is 0. The minimum absolute atomic E-state index is 0.134. The lowest BCUT2D eigenvalue weighted by Gasteiger charge is -2.20. The quantitative estimate of drug-likeness (QED) is 0.436. The highest BCUT2D eigenvalue weighted by atomic mass is 32.1. The van der Waals surface area contributed by atoms with Gasteiger partial charge in [-0.15, -0.1) is 0 Å². The van der Waals surface area contributed by atoms with Crippen LogP contribution in [0.25, 0.3) is 0 Å². The van der Waals surface area contributed by atoms with Gasteiger partial charge in [0.2, 0.25) is 0 Å². The highest BCUT2D eigenvalue weighted by Crippen LogP contribution is 2.02. The predicted octanol–water partition coefficient (Wildman–Crippen LogP) is 0.691. The minimum atomic E-state index is -1.01. The Balaban J connectivity index is 4.41. The summed E-state index contributed by atoms with van der Waals surface area (Å²) in [6.07, 6.45) is 1.33. The molecule has 0 aromatic carbocycles. The number of ether oxygens (including phenoxy) is 1. The van der Waals surface area contributed by atoms with E-state index in [2.05, 4.69) is 17.9 Å². The van der Waals surface area contributed by atoms with E-state index < -0.39 is 24.0 Å². The highest BCUT2D eigenvalue weighted by Gasteiger charge is 2.25. The lowest BCUT2D eigenvalue weighted by Crippen LogP contribution is -2.48. The topological polar surface area (TPSA) is 75.6 Å². The summed E-state index contributed by atoms with van der Waals surface area (Å²) < 4.78 is 4.86. The van der Waals surface area contributed by atoms with Gasteiger partial charge in [-0.1, -0.05) is 13.3 Å². The zero-order valence-electron chi connectivity index (χ0n) is 9.60. The smallest absolute Gasteiger partial charge is 0.323 e. The maximum absolute atomic E-state index is 11.5. The number of nitrogens with one attached hydrogen (secondary N) is 1. The molecule has 0 saturated carbocycles. The third-order valence-electron chi connectivity index (χ3n) is 2.03. The van der Waals surface area contributed by atoms with E-state index in [1.54, 1.807) is 6.92 Å². The van der Waals surface area contributed by atoms with Gasteiger partial charge in [0.1, 0.15) is 12.1 Å². The van der Waals surface area contributed by atoms with Crippen LogP contribution < -0.4 is 5.32 Å². The molecule has 0 aromatic heterocycles. The van der Waals surface area contributed by atoms with Crippen molar-refractivity contribution < 1.29 is 19.4 Å². The molecule has 0 heterocycles. The first-order valence-electron chi connectivity index (χ1n) is 5.33. The molecular weight excluding hydrogens is 230 g/mol. The van der Waals surface area contributed by atoms with Crippen molar-refractivity contribution >= 4 is 24.6 Å². The molecule has 0 spiro atoms. The van der Waals surface area contributed by atoms with Crippen LogP contribution in [0.4, 0.5) is 0 Å². The summed E-state index contributed by atoms with van der Waals surface area (Å²) in [5.74, 6) is -1.28. The SMILES string of the molecule is CCCC(NC(CS)C(=O)O)C(=O)OCC. The van der Waals surface area contributed by atoms with Gasteiger partial charge in [-0.3, -0.25) is 14.9 Å². The van der Waals surface area contributed by atoms with E-state index in [4.69, 9.17) is 9.84 Å². The molecule has 0 aliphatic rings. The maximum Gasteiger partial charge on any atom is 0.323 e. The molecule has 0 saturated heterocycles. The van der Waals surface area contributed by atoms with Gasteiger partial charge < -0.3 is 9.84 Å². The fraction of sp³-hybridized carbons (Fsp3) is 0.800. The lowest BCUT2D eigenvalue weighted by atomic mass is 10.1. The Kier molecular flexibility index (Phi) is 8.01. The van der Waals surface area contributed by atoms with Crippen LogP contribution in [-0.2, 0) is 14.3 Å².